The van der Waals surface area contributed by atoms with Gasteiger partial charge in [0.2, 0.25) is 10.0 Å². The second-order valence-corrected chi connectivity index (χ2v) is 9.37. The maximum Gasteiger partial charge on any atom is 0.255 e. The molecule has 0 radical (unpaired) electrons. The average Bonchev–Trinajstić information content (AvgIpc) is 3.39. The van der Waals surface area contributed by atoms with Gasteiger partial charge in [0.15, 0.2) is 4.77 Å². The SMILES string of the molecule is O=C(Nc1cccc(-n2cc[nH]c2=S)c1)c1cccc(S(=O)(=O)NC2CCCC2)c1. The number of anilines is 1. The fourth-order valence-electron chi connectivity index (χ4n) is 3.60. The summed E-state index contributed by atoms with van der Waals surface area (Å²) in [6.45, 7) is 0. The highest BCUT2D eigenvalue weighted by molar-refractivity contribution is 7.89. The van der Waals surface area contributed by atoms with Crippen molar-refractivity contribution in [2.45, 2.75) is 36.6 Å². The molecule has 30 heavy (non-hydrogen) atoms. The van der Waals surface area contributed by atoms with E-state index in [1.165, 1.54) is 12.1 Å². The van der Waals surface area contributed by atoms with Crippen molar-refractivity contribution >= 4 is 33.8 Å². The lowest BCUT2D eigenvalue weighted by Crippen LogP contribution is -2.32. The molecule has 0 spiro atoms. The van der Waals surface area contributed by atoms with Gasteiger partial charge in [-0.3, -0.25) is 9.36 Å². The molecule has 1 heterocycles. The van der Waals surface area contributed by atoms with Gasteiger partial charge in [-0.2, -0.15) is 0 Å². The number of imidazole rings is 1. The minimum absolute atomic E-state index is 0.0320. The zero-order valence-corrected chi connectivity index (χ0v) is 17.8. The molecule has 1 aliphatic rings. The summed E-state index contributed by atoms with van der Waals surface area (Å²) in [5.74, 6) is -0.386. The number of carbonyl (C=O) groups is 1. The molecule has 0 unspecified atom stereocenters. The third kappa shape index (κ3) is 4.53. The van der Waals surface area contributed by atoms with Gasteiger partial charge in [0.25, 0.3) is 5.91 Å². The van der Waals surface area contributed by atoms with Crippen LogP contribution in [0.1, 0.15) is 36.0 Å². The quantitative estimate of drug-likeness (QED) is 0.503. The van der Waals surface area contributed by atoms with Crippen molar-refractivity contribution in [3.63, 3.8) is 0 Å². The van der Waals surface area contributed by atoms with E-state index in [-0.39, 0.29) is 22.4 Å². The van der Waals surface area contributed by atoms with Gasteiger partial charge >= 0.3 is 0 Å². The Labute approximate surface area is 180 Å². The van der Waals surface area contributed by atoms with E-state index < -0.39 is 10.0 Å². The molecule has 0 atom stereocenters. The topological polar surface area (TPSA) is 96.0 Å². The fraction of sp³-hybridized carbons (Fsp3) is 0.238. The lowest BCUT2D eigenvalue weighted by Gasteiger charge is -2.13. The number of benzene rings is 2. The summed E-state index contributed by atoms with van der Waals surface area (Å²) in [5.41, 5.74) is 1.65. The van der Waals surface area contributed by atoms with Gasteiger partial charge in [-0.1, -0.05) is 25.0 Å². The molecule has 1 aromatic heterocycles. The van der Waals surface area contributed by atoms with Crippen molar-refractivity contribution in [3.05, 3.63) is 71.3 Å². The molecule has 4 rings (SSSR count). The first-order valence-electron chi connectivity index (χ1n) is 9.73. The van der Waals surface area contributed by atoms with Gasteiger partial charge in [-0.15, -0.1) is 0 Å². The molecule has 2 aromatic carbocycles. The molecule has 1 fully saturated rings. The van der Waals surface area contributed by atoms with Crippen LogP contribution in [0.4, 0.5) is 5.69 Å². The zero-order chi connectivity index (χ0) is 21.1. The third-order valence-electron chi connectivity index (χ3n) is 5.11. The summed E-state index contributed by atoms with van der Waals surface area (Å²) >= 11 is 5.23. The Balaban J connectivity index is 1.52. The molecule has 1 amide bonds. The van der Waals surface area contributed by atoms with E-state index in [9.17, 15) is 13.2 Å². The number of rotatable bonds is 6. The molecule has 0 saturated heterocycles. The molecular weight excluding hydrogens is 420 g/mol. The van der Waals surface area contributed by atoms with Crippen LogP contribution in [-0.4, -0.2) is 29.9 Å². The maximum absolute atomic E-state index is 12.7. The zero-order valence-electron chi connectivity index (χ0n) is 16.2. The first-order chi connectivity index (χ1) is 14.4. The Bertz CT molecular complexity index is 1220. The lowest BCUT2D eigenvalue weighted by atomic mass is 10.2. The Kier molecular flexibility index (Phi) is 5.85. The second kappa shape index (κ2) is 8.55. The van der Waals surface area contributed by atoms with Crippen molar-refractivity contribution < 1.29 is 13.2 Å². The number of hydrogen-bond donors (Lipinski definition) is 3. The maximum atomic E-state index is 12.7. The normalized spacial score (nSPS) is 14.7. The van der Waals surface area contributed by atoms with Gasteiger partial charge in [-0.25, -0.2) is 13.1 Å². The molecule has 1 aliphatic carbocycles. The highest BCUT2D eigenvalue weighted by Gasteiger charge is 2.23. The van der Waals surface area contributed by atoms with Gasteiger partial charge in [0.05, 0.1) is 4.90 Å². The van der Waals surface area contributed by atoms with Crippen molar-refractivity contribution in [2.75, 3.05) is 5.32 Å². The predicted molar refractivity (Wildman–Crippen MR) is 118 cm³/mol. The van der Waals surface area contributed by atoms with Crippen LogP contribution >= 0.6 is 12.2 Å². The van der Waals surface area contributed by atoms with E-state index in [0.717, 1.165) is 31.4 Å². The molecule has 0 aliphatic heterocycles. The van der Waals surface area contributed by atoms with Gasteiger partial charge in [0.1, 0.15) is 0 Å². The molecule has 7 nitrogen and oxygen atoms in total. The number of aromatic nitrogens is 2. The van der Waals surface area contributed by atoms with Gasteiger partial charge < -0.3 is 10.3 Å². The molecule has 9 heteroatoms. The number of H-pyrrole nitrogens is 1. The lowest BCUT2D eigenvalue weighted by molar-refractivity contribution is 0.102. The summed E-state index contributed by atoms with van der Waals surface area (Å²) in [7, 11) is -3.66. The molecule has 156 valence electrons. The summed E-state index contributed by atoms with van der Waals surface area (Å²) in [5, 5.41) is 2.82. The minimum atomic E-state index is -3.66. The van der Waals surface area contributed by atoms with Crippen molar-refractivity contribution in [2.24, 2.45) is 0 Å². The van der Waals surface area contributed by atoms with Crippen molar-refractivity contribution in [1.29, 1.82) is 0 Å². The Morgan fingerprint density at radius 2 is 1.87 bits per heavy atom. The molecule has 0 bridgehead atoms. The number of nitrogens with one attached hydrogen (secondary N) is 3. The largest absolute Gasteiger partial charge is 0.337 e. The Morgan fingerprint density at radius 1 is 1.10 bits per heavy atom. The van der Waals surface area contributed by atoms with E-state index in [4.69, 9.17) is 12.2 Å². The minimum Gasteiger partial charge on any atom is -0.337 e. The standard InChI is InChI=1S/C21H22N4O3S2/c26-20(23-17-8-4-9-18(14-17)25-12-11-22-21(25)29)15-5-3-10-19(13-15)30(27,28)24-16-6-1-2-7-16/h3-5,8-14,16,24H,1-2,6-7H2,(H,22,29)(H,23,26). The Hall–Kier alpha value is -2.75. The van der Waals surface area contributed by atoms with Gasteiger partial charge in [-0.05, 0) is 61.5 Å². The highest BCUT2D eigenvalue weighted by Crippen LogP contribution is 2.21. The summed E-state index contributed by atoms with van der Waals surface area (Å²) in [6, 6.07) is 13.3. The van der Waals surface area contributed by atoms with E-state index in [2.05, 4.69) is 15.0 Å². The van der Waals surface area contributed by atoms with Crippen molar-refractivity contribution in [3.8, 4) is 5.69 Å². The van der Waals surface area contributed by atoms with E-state index in [0.29, 0.717) is 10.5 Å². The predicted octanol–water partition coefficient (Wildman–Crippen LogP) is 4.01. The van der Waals surface area contributed by atoms with Crippen LogP contribution < -0.4 is 10.0 Å². The Morgan fingerprint density at radius 3 is 2.60 bits per heavy atom. The number of sulfonamides is 1. The summed E-state index contributed by atoms with van der Waals surface area (Å²) < 4.78 is 30.4. The van der Waals surface area contributed by atoms with Crippen LogP contribution in [-0.2, 0) is 10.0 Å². The van der Waals surface area contributed by atoms with E-state index >= 15 is 0 Å². The van der Waals surface area contributed by atoms with Crippen LogP contribution in [0.2, 0.25) is 0 Å². The number of aromatic amines is 1. The summed E-state index contributed by atoms with van der Waals surface area (Å²) in [6.07, 6.45) is 7.29. The number of amides is 1. The number of nitrogens with zero attached hydrogens (tertiary/aromatic N) is 1. The monoisotopic (exact) mass is 442 g/mol. The molecule has 3 N–H and O–H groups in total. The van der Waals surface area contributed by atoms with Crippen LogP contribution in [0, 0.1) is 4.77 Å². The molecule has 3 aromatic rings. The smallest absolute Gasteiger partial charge is 0.255 e. The average molecular weight is 443 g/mol. The number of hydrogen-bond acceptors (Lipinski definition) is 4. The van der Waals surface area contributed by atoms with Crippen LogP contribution in [0.3, 0.4) is 0 Å². The van der Waals surface area contributed by atoms with Crippen LogP contribution in [0.5, 0.6) is 0 Å². The first-order valence-corrected chi connectivity index (χ1v) is 11.6. The first kappa shape index (κ1) is 20.5. The molecule has 1 saturated carbocycles. The van der Waals surface area contributed by atoms with Crippen LogP contribution in [0.25, 0.3) is 5.69 Å². The summed E-state index contributed by atoms with van der Waals surface area (Å²) in [4.78, 5) is 15.8. The highest BCUT2D eigenvalue weighted by atomic mass is 32.2. The second-order valence-electron chi connectivity index (χ2n) is 7.27. The van der Waals surface area contributed by atoms with Crippen LogP contribution in [0.15, 0.2) is 65.8 Å². The van der Waals surface area contributed by atoms with Gasteiger partial charge in [0, 0.05) is 35.4 Å². The fourth-order valence-corrected chi connectivity index (χ4v) is 5.18. The molecular formula is C21H22N4O3S2. The number of carbonyl (C=O) groups excluding carboxylic acids is 1. The van der Waals surface area contributed by atoms with Crippen molar-refractivity contribution in [1.82, 2.24) is 14.3 Å². The van der Waals surface area contributed by atoms with E-state index in [1.54, 1.807) is 41.2 Å². The third-order valence-corrected chi connectivity index (χ3v) is 6.95. The van der Waals surface area contributed by atoms with E-state index in [1.807, 2.05) is 12.1 Å².